The maximum absolute atomic E-state index is 5.88. The molecular formula is C12H19N3. The van der Waals surface area contributed by atoms with Crippen molar-refractivity contribution in [2.75, 3.05) is 0 Å². The predicted molar refractivity (Wildman–Crippen MR) is 62.4 cm³/mol. The summed E-state index contributed by atoms with van der Waals surface area (Å²) in [4.78, 5) is 0. The molecule has 0 amide bonds. The first kappa shape index (κ1) is 10.4. The minimum Gasteiger partial charge on any atom is -0.328 e. The second kappa shape index (κ2) is 4.19. The lowest BCUT2D eigenvalue weighted by Gasteiger charge is -2.19. The van der Waals surface area contributed by atoms with Gasteiger partial charge in [0.05, 0.1) is 11.4 Å². The second-order valence-corrected chi connectivity index (χ2v) is 4.47. The van der Waals surface area contributed by atoms with Gasteiger partial charge in [0.15, 0.2) is 0 Å². The van der Waals surface area contributed by atoms with Gasteiger partial charge < -0.3 is 5.73 Å². The van der Waals surface area contributed by atoms with Crippen molar-refractivity contribution < 1.29 is 0 Å². The molecule has 0 bridgehead atoms. The van der Waals surface area contributed by atoms with E-state index in [-0.39, 0.29) is 0 Å². The second-order valence-electron chi connectivity index (χ2n) is 4.47. The van der Waals surface area contributed by atoms with E-state index >= 15 is 0 Å². The molecule has 2 N–H and O–H groups in total. The predicted octanol–water partition coefficient (Wildman–Crippen LogP) is 2.01. The normalized spacial score (nSPS) is 21.8. The Bertz CT molecular complexity index is 366. The van der Waals surface area contributed by atoms with Crippen molar-refractivity contribution in [1.29, 1.82) is 0 Å². The SMILES string of the molecule is Cc1cc(C=C2CCC(N)CC2)n(C)n1. The third-order valence-corrected chi connectivity index (χ3v) is 3.06. The molecular weight excluding hydrogens is 186 g/mol. The maximum Gasteiger partial charge on any atom is 0.0608 e. The van der Waals surface area contributed by atoms with Gasteiger partial charge in [-0.1, -0.05) is 5.57 Å². The average Bonchev–Trinajstić information content (AvgIpc) is 2.49. The summed E-state index contributed by atoms with van der Waals surface area (Å²) >= 11 is 0. The van der Waals surface area contributed by atoms with Crippen LogP contribution in [0.5, 0.6) is 0 Å². The molecule has 0 aliphatic heterocycles. The summed E-state index contributed by atoms with van der Waals surface area (Å²) in [5.74, 6) is 0. The summed E-state index contributed by atoms with van der Waals surface area (Å²) in [6.45, 7) is 2.03. The average molecular weight is 205 g/mol. The summed E-state index contributed by atoms with van der Waals surface area (Å²) < 4.78 is 1.94. The van der Waals surface area contributed by atoms with Crippen molar-refractivity contribution in [1.82, 2.24) is 9.78 Å². The van der Waals surface area contributed by atoms with E-state index in [0.717, 1.165) is 31.4 Å². The molecule has 0 atom stereocenters. The molecule has 1 aromatic rings. The summed E-state index contributed by atoms with van der Waals surface area (Å²) in [7, 11) is 1.99. The number of nitrogens with two attached hydrogens (primary N) is 1. The van der Waals surface area contributed by atoms with Gasteiger partial charge in [-0.05, 0) is 44.7 Å². The van der Waals surface area contributed by atoms with Gasteiger partial charge in [0.1, 0.15) is 0 Å². The van der Waals surface area contributed by atoms with Crippen LogP contribution in [0.1, 0.15) is 37.1 Å². The van der Waals surface area contributed by atoms with E-state index in [0.29, 0.717) is 6.04 Å². The molecule has 1 aliphatic carbocycles. The summed E-state index contributed by atoms with van der Waals surface area (Å²) in [5.41, 5.74) is 9.68. The largest absolute Gasteiger partial charge is 0.328 e. The van der Waals surface area contributed by atoms with E-state index in [4.69, 9.17) is 5.73 Å². The van der Waals surface area contributed by atoms with Crippen LogP contribution in [0.3, 0.4) is 0 Å². The molecule has 15 heavy (non-hydrogen) atoms. The molecule has 1 heterocycles. The van der Waals surface area contributed by atoms with Crippen molar-refractivity contribution in [2.45, 2.75) is 38.6 Å². The zero-order chi connectivity index (χ0) is 10.8. The third-order valence-electron chi connectivity index (χ3n) is 3.06. The van der Waals surface area contributed by atoms with Gasteiger partial charge in [-0.25, -0.2) is 0 Å². The lowest BCUT2D eigenvalue weighted by atomic mass is 9.91. The Morgan fingerprint density at radius 1 is 1.47 bits per heavy atom. The van der Waals surface area contributed by atoms with Crippen LogP contribution in [-0.2, 0) is 7.05 Å². The van der Waals surface area contributed by atoms with Crippen LogP contribution in [0, 0.1) is 6.92 Å². The molecule has 1 aliphatic rings. The third kappa shape index (κ3) is 2.48. The monoisotopic (exact) mass is 205 g/mol. The Morgan fingerprint density at radius 2 is 2.13 bits per heavy atom. The van der Waals surface area contributed by atoms with Gasteiger partial charge in [0, 0.05) is 13.1 Å². The number of rotatable bonds is 1. The fourth-order valence-corrected chi connectivity index (χ4v) is 2.13. The maximum atomic E-state index is 5.88. The van der Waals surface area contributed by atoms with Crippen LogP contribution in [-0.4, -0.2) is 15.8 Å². The van der Waals surface area contributed by atoms with Gasteiger partial charge in [-0.2, -0.15) is 5.10 Å². The molecule has 0 radical (unpaired) electrons. The summed E-state index contributed by atoms with van der Waals surface area (Å²) in [6.07, 6.45) is 6.81. The molecule has 3 nitrogen and oxygen atoms in total. The highest BCUT2D eigenvalue weighted by molar-refractivity contribution is 5.50. The zero-order valence-electron chi connectivity index (χ0n) is 9.53. The van der Waals surface area contributed by atoms with Gasteiger partial charge in [-0.15, -0.1) is 0 Å². The van der Waals surface area contributed by atoms with Gasteiger partial charge in [0.2, 0.25) is 0 Å². The van der Waals surface area contributed by atoms with Crippen molar-refractivity contribution >= 4 is 6.08 Å². The molecule has 0 aromatic carbocycles. The highest BCUT2D eigenvalue weighted by Gasteiger charge is 2.12. The van der Waals surface area contributed by atoms with Crippen molar-refractivity contribution in [2.24, 2.45) is 12.8 Å². The molecule has 1 saturated carbocycles. The molecule has 0 unspecified atom stereocenters. The number of allylic oxidation sites excluding steroid dienone is 1. The van der Waals surface area contributed by atoms with Crippen LogP contribution in [0.15, 0.2) is 11.6 Å². The first-order valence-electron chi connectivity index (χ1n) is 5.61. The number of aryl methyl sites for hydroxylation is 2. The fraction of sp³-hybridized carbons (Fsp3) is 0.583. The van der Waals surface area contributed by atoms with Crippen molar-refractivity contribution in [3.8, 4) is 0 Å². The number of hydrogen-bond donors (Lipinski definition) is 1. The standard InChI is InChI=1S/C12H19N3/c1-9-7-12(15(2)14-9)8-10-3-5-11(13)6-4-10/h7-8,11H,3-6,13H2,1-2H3. The van der Waals surface area contributed by atoms with Gasteiger partial charge in [0.25, 0.3) is 0 Å². The molecule has 3 heteroatoms. The topological polar surface area (TPSA) is 43.8 Å². The first-order valence-corrected chi connectivity index (χ1v) is 5.61. The molecule has 0 saturated heterocycles. The Kier molecular flexibility index (Phi) is 2.91. The lowest BCUT2D eigenvalue weighted by Crippen LogP contribution is -2.23. The fourth-order valence-electron chi connectivity index (χ4n) is 2.13. The number of hydrogen-bond acceptors (Lipinski definition) is 2. The van der Waals surface area contributed by atoms with Gasteiger partial charge in [-0.3, -0.25) is 4.68 Å². The van der Waals surface area contributed by atoms with Crippen LogP contribution < -0.4 is 5.73 Å². The van der Waals surface area contributed by atoms with Crippen LogP contribution in [0.25, 0.3) is 6.08 Å². The van der Waals surface area contributed by atoms with Crippen molar-refractivity contribution in [3.05, 3.63) is 23.0 Å². The van der Waals surface area contributed by atoms with E-state index < -0.39 is 0 Å². The Hall–Kier alpha value is -1.09. The molecule has 1 fully saturated rings. The zero-order valence-corrected chi connectivity index (χ0v) is 9.53. The van der Waals surface area contributed by atoms with Crippen LogP contribution >= 0.6 is 0 Å². The Morgan fingerprint density at radius 3 is 2.67 bits per heavy atom. The van der Waals surface area contributed by atoms with E-state index in [1.807, 2.05) is 18.7 Å². The smallest absolute Gasteiger partial charge is 0.0608 e. The summed E-state index contributed by atoms with van der Waals surface area (Å²) in [5, 5.41) is 4.34. The van der Waals surface area contributed by atoms with E-state index in [2.05, 4.69) is 17.2 Å². The highest BCUT2D eigenvalue weighted by Crippen LogP contribution is 2.24. The minimum atomic E-state index is 0.412. The van der Waals surface area contributed by atoms with Crippen LogP contribution in [0.2, 0.25) is 0 Å². The first-order chi connectivity index (χ1) is 7.15. The highest BCUT2D eigenvalue weighted by atomic mass is 15.3. The molecule has 1 aromatic heterocycles. The van der Waals surface area contributed by atoms with E-state index in [9.17, 15) is 0 Å². The quantitative estimate of drug-likeness (QED) is 0.762. The molecule has 82 valence electrons. The number of nitrogens with zero attached hydrogens (tertiary/aromatic N) is 2. The van der Waals surface area contributed by atoms with Crippen molar-refractivity contribution in [3.63, 3.8) is 0 Å². The van der Waals surface area contributed by atoms with E-state index in [1.165, 1.54) is 11.3 Å². The molecule has 2 rings (SSSR count). The Labute approximate surface area is 91.0 Å². The lowest BCUT2D eigenvalue weighted by molar-refractivity contribution is 0.514. The minimum absolute atomic E-state index is 0.412. The van der Waals surface area contributed by atoms with E-state index in [1.54, 1.807) is 0 Å². The van der Waals surface area contributed by atoms with Gasteiger partial charge >= 0.3 is 0 Å². The Balaban J connectivity index is 2.13. The van der Waals surface area contributed by atoms with Crippen LogP contribution in [0.4, 0.5) is 0 Å². The molecule has 0 spiro atoms. The summed E-state index contributed by atoms with van der Waals surface area (Å²) in [6, 6.07) is 2.54. The number of aromatic nitrogens is 2.